The number of methoxy groups -OCH3 is 1. The number of hydrogen-bond acceptors (Lipinski definition) is 5. The molecule has 156 valence electrons. The van der Waals surface area contributed by atoms with Crippen LogP contribution in [0.4, 0.5) is 11.4 Å². The highest BCUT2D eigenvalue weighted by Gasteiger charge is 2.20. The minimum absolute atomic E-state index is 0.0716. The summed E-state index contributed by atoms with van der Waals surface area (Å²) in [6.07, 6.45) is 0. The summed E-state index contributed by atoms with van der Waals surface area (Å²) in [6.45, 7) is 1.32. The number of sulfonamides is 1. The van der Waals surface area contributed by atoms with Gasteiger partial charge in [-0.15, -0.1) is 0 Å². The minimum atomic E-state index is -4.02. The van der Waals surface area contributed by atoms with Crippen molar-refractivity contribution in [2.45, 2.75) is 11.8 Å². The van der Waals surface area contributed by atoms with Gasteiger partial charge in [-0.3, -0.25) is 9.52 Å². The molecule has 0 aliphatic carbocycles. The van der Waals surface area contributed by atoms with Gasteiger partial charge in [0.1, 0.15) is 11.5 Å². The number of benzene rings is 3. The molecular formula is C21H19ClN2O5S. The predicted octanol–water partition coefficient (Wildman–Crippen LogP) is 4.90. The number of rotatable bonds is 7. The van der Waals surface area contributed by atoms with Gasteiger partial charge < -0.3 is 14.8 Å². The van der Waals surface area contributed by atoms with Crippen LogP contribution >= 0.6 is 11.6 Å². The number of nitrogens with one attached hydrogen (secondary N) is 2. The van der Waals surface area contributed by atoms with Crippen molar-refractivity contribution in [3.63, 3.8) is 0 Å². The number of halogens is 1. The molecule has 0 saturated carbocycles. The third-order valence-corrected chi connectivity index (χ3v) is 5.55. The van der Waals surface area contributed by atoms with Gasteiger partial charge in [0.15, 0.2) is 5.75 Å². The van der Waals surface area contributed by atoms with Crippen molar-refractivity contribution in [2.75, 3.05) is 17.1 Å². The van der Waals surface area contributed by atoms with Crippen LogP contribution in [0.25, 0.3) is 0 Å². The molecule has 0 saturated heterocycles. The van der Waals surface area contributed by atoms with Gasteiger partial charge in [0.05, 0.1) is 23.4 Å². The molecule has 0 aliphatic heterocycles. The average molecular weight is 447 g/mol. The second-order valence-corrected chi connectivity index (χ2v) is 8.32. The van der Waals surface area contributed by atoms with Gasteiger partial charge in [0, 0.05) is 11.9 Å². The summed E-state index contributed by atoms with van der Waals surface area (Å²) in [5, 5.41) is 2.89. The maximum absolute atomic E-state index is 13.0. The van der Waals surface area contributed by atoms with Crippen LogP contribution in [0.2, 0.25) is 5.02 Å². The highest BCUT2D eigenvalue weighted by Crippen LogP contribution is 2.34. The van der Waals surface area contributed by atoms with Crippen molar-refractivity contribution >= 4 is 38.9 Å². The van der Waals surface area contributed by atoms with Gasteiger partial charge in [-0.1, -0.05) is 29.8 Å². The first kappa shape index (κ1) is 21.5. The zero-order valence-corrected chi connectivity index (χ0v) is 17.8. The Morgan fingerprint density at radius 2 is 1.63 bits per heavy atom. The van der Waals surface area contributed by atoms with Crippen LogP contribution in [0.1, 0.15) is 6.92 Å². The number of hydrogen-bond donors (Lipinski definition) is 2. The first-order chi connectivity index (χ1) is 14.3. The van der Waals surface area contributed by atoms with Crippen molar-refractivity contribution < 1.29 is 22.7 Å². The Morgan fingerprint density at radius 1 is 0.933 bits per heavy atom. The third-order valence-electron chi connectivity index (χ3n) is 3.95. The SMILES string of the molecule is COc1ccc(S(=O)(=O)Nc2cc(Cl)ccc2Oc2ccccc2)cc1NC(C)=O. The number of amides is 1. The highest BCUT2D eigenvalue weighted by atomic mass is 35.5. The zero-order chi connectivity index (χ0) is 21.7. The molecule has 0 spiro atoms. The lowest BCUT2D eigenvalue weighted by Gasteiger charge is -2.15. The van der Waals surface area contributed by atoms with E-state index in [2.05, 4.69) is 10.0 Å². The van der Waals surface area contributed by atoms with Crippen molar-refractivity contribution in [2.24, 2.45) is 0 Å². The molecule has 0 unspecified atom stereocenters. The van der Waals surface area contributed by atoms with E-state index >= 15 is 0 Å². The first-order valence-electron chi connectivity index (χ1n) is 8.79. The van der Waals surface area contributed by atoms with E-state index in [0.29, 0.717) is 16.5 Å². The van der Waals surface area contributed by atoms with Gasteiger partial charge >= 0.3 is 0 Å². The third kappa shape index (κ3) is 5.22. The second-order valence-electron chi connectivity index (χ2n) is 6.20. The molecule has 0 radical (unpaired) electrons. The van der Waals surface area contributed by atoms with Crippen LogP contribution in [0.3, 0.4) is 0 Å². The summed E-state index contributed by atoms with van der Waals surface area (Å²) in [4.78, 5) is 11.4. The topological polar surface area (TPSA) is 93.7 Å². The Morgan fingerprint density at radius 3 is 2.30 bits per heavy atom. The lowest BCUT2D eigenvalue weighted by Crippen LogP contribution is -2.15. The minimum Gasteiger partial charge on any atom is -0.495 e. The Labute approximate surface area is 179 Å². The van der Waals surface area contributed by atoms with Gasteiger partial charge in [-0.2, -0.15) is 0 Å². The van der Waals surface area contributed by atoms with Gasteiger partial charge in [0.2, 0.25) is 5.91 Å². The predicted molar refractivity (Wildman–Crippen MR) is 116 cm³/mol. The van der Waals surface area contributed by atoms with Crippen molar-refractivity contribution in [1.82, 2.24) is 0 Å². The zero-order valence-electron chi connectivity index (χ0n) is 16.2. The Kier molecular flexibility index (Phi) is 6.49. The van der Waals surface area contributed by atoms with Gasteiger partial charge in [-0.05, 0) is 48.5 Å². The fourth-order valence-corrected chi connectivity index (χ4v) is 3.89. The lowest BCUT2D eigenvalue weighted by atomic mass is 10.3. The summed E-state index contributed by atoms with van der Waals surface area (Å²) in [6, 6.07) is 17.7. The molecule has 7 nitrogen and oxygen atoms in total. The van der Waals surface area contributed by atoms with E-state index in [1.807, 2.05) is 6.07 Å². The molecule has 9 heteroatoms. The van der Waals surface area contributed by atoms with Crippen LogP contribution in [-0.2, 0) is 14.8 Å². The van der Waals surface area contributed by atoms with E-state index in [1.54, 1.807) is 36.4 Å². The summed E-state index contributed by atoms with van der Waals surface area (Å²) in [7, 11) is -2.60. The molecule has 0 aliphatic rings. The molecule has 2 N–H and O–H groups in total. The van der Waals surface area contributed by atoms with Crippen molar-refractivity contribution in [3.8, 4) is 17.2 Å². The number of para-hydroxylation sites is 1. The molecule has 0 fully saturated rings. The van der Waals surface area contributed by atoms with E-state index in [9.17, 15) is 13.2 Å². The standard InChI is InChI=1S/C21H19ClN2O5S/c1-14(25)23-18-13-17(9-11-20(18)28-2)30(26,27)24-19-12-15(22)8-10-21(19)29-16-6-4-3-5-7-16/h3-13,24H,1-2H3,(H,23,25). The maximum atomic E-state index is 13.0. The first-order valence-corrected chi connectivity index (χ1v) is 10.7. The Hall–Kier alpha value is -3.23. The number of carbonyl (C=O) groups excluding carboxylic acids is 1. The molecule has 0 aromatic heterocycles. The fourth-order valence-electron chi connectivity index (χ4n) is 2.63. The van der Waals surface area contributed by atoms with E-state index < -0.39 is 10.0 Å². The fraction of sp³-hybridized carbons (Fsp3) is 0.0952. The average Bonchev–Trinajstić information content (AvgIpc) is 2.70. The molecule has 3 aromatic rings. The van der Waals surface area contributed by atoms with E-state index in [0.717, 1.165) is 0 Å². The number of carbonyl (C=O) groups is 1. The van der Waals surface area contributed by atoms with Crippen LogP contribution in [0, 0.1) is 0 Å². The van der Waals surface area contributed by atoms with Crippen molar-refractivity contribution in [3.05, 3.63) is 71.8 Å². The molecule has 3 rings (SSSR count). The summed E-state index contributed by atoms with van der Waals surface area (Å²) < 4.78 is 39.4. The Balaban J connectivity index is 1.95. The normalized spacial score (nSPS) is 10.9. The molecule has 1 amide bonds. The largest absolute Gasteiger partial charge is 0.495 e. The smallest absolute Gasteiger partial charge is 0.262 e. The summed E-state index contributed by atoms with van der Waals surface area (Å²) in [5.41, 5.74) is 0.406. The van der Waals surface area contributed by atoms with Gasteiger partial charge in [0.25, 0.3) is 10.0 Å². The molecule has 0 bridgehead atoms. The number of ether oxygens (including phenoxy) is 2. The van der Waals surface area contributed by atoms with E-state index in [4.69, 9.17) is 21.1 Å². The molecule has 30 heavy (non-hydrogen) atoms. The van der Waals surface area contributed by atoms with E-state index in [1.165, 1.54) is 38.3 Å². The number of anilines is 2. The van der Waals surface area contributed by atoms with Crippen LogP contribution in [0.5, 0.6) is 17.2 Å². The quantitative estimate of drug-likeness (QED) is 0.538. The molecule has 3 aromatic carbocycles. The van der Waals surface area contributed by atoms with E-state index in [-0.39, 0.29) is 27.9 Å². The molecule has 0 atom stereocenters. The van der Waals surface area contributed by atoms with Crippen molar-refractivity contribution in [1.29, 1.82) is 0 Å². The summed E-state index contributed by atoms with van der Waals surface area (Å²) >= 11 is 6.06. The van der Waals surface area contributed by atoms with Gasteiger partial charge in [-0.25, -0.2) is 8.42 Å². The van der Waals surface area contributed by atoms with Crippen LogP contribution in [0.15, 0.2) is 71.6 Å². The Bertz CT molecular complexity index is 1170. The maximum Gasteiger partial charge on any atom is 0.262 e. The summed E-state index contributed by atoms with van der Waals surface area (Å²) in [5.74, 6) is 0.798. The van der Waals surface area contributed by atoms with Crippen LogP contribution in [-0.4, -0.2) is 21.4 Å². The lowest BCUT2D eigenvalue weighted by molar-refractivity contribution is -0.114. The van der Waals surface area contributed by atoms with Crippen LogP contribution < -0.4 is 19.5 Å². The monoisotopic (exact) mass is 446 g/mol. The molecular weight excluding hydrogens is 428 g/mol. The second kappa shape index (κ2) is 9.06. The molecule has 0 heterocycles. The highest BCUT2D eigenvalue weighted by molar-refractivity contribution is 7.92.